The second-order valence-electron chi connectivity index (χ2n) is 4.60. The summed E-state index contributed by atoms with van der Waals surface area (Å²) in [6, 6.07) is 12.1. The van der Waals surface area contributed by atoms with Crippen molar-refractivity contribution in [3.05, 3.63) is 70.1 Å². The highest BCUT2D eigenvalue weighted by Gasteiger charge is 2.06. The van der Waals surface area contributed by atoms with Gasteiger partial charge < -0.3 is 5.32 Å². The van der Waals surface area contributed by atoms with Crippen molar-refractivity contribution in [2.24, 2.45) is 0 Å². The summed E-state index contributed by atoms with van der Waals surface area (Å²) in [4.78, 5) is 4.35. The first-order chi connectivity index (χ1) is 10.1. The molecule has 0 saturated heterocycles. The van der Waals surface area contributed by atoms with Crippen LogP contribution in [0.15, 0.2) is 48.7 Å². The van der Waals surface area contributed by atoms with Crippen LogP contribution in [0.1, 0.15) is 5.56 Å². The van der Waals surface area contributed by atoms with E-state index >= 15 is 0 Å². The average molecular weight is 321 g/mol. The van der Waals surface area contributed by atoms with Gasteiger partial charge in [-0.15, -0.1) is 0 Å². The molecule has 1 aromatic heterocycles. The van der Waals surface area contributed by atoms with Gasteiger partial charge in [-0.05, 0) is 42.0 Å². The molecular formula is C16H11Cl2FN2. The summed E-state index contributed by atoms with van der Waals surface area (Å²) in [6.07, 6.45) is 1.72. The topological polar surface area (TPSA) is 24.9 Å². The fourth-order valence-electron chi connectivity index (χ4n) is 2.13. The van der Waals surface area contributed by atoms with Crippen molar-refractivity contribution < 1.29 is 4.39 Å². The van der Waals surface area contributed by atoms with Gasteiger partial charge >= 0.3 is 0 Å². The van der Waals surface area contributed by atoms with E-state index in [1.165, 1.54) is 6.07 Å². The molecule has 21 heavy (non-hydrogen) atoms. The molecule has 0 bridgehead atoms. The van der Waals surface area contributed by atoms with Crippen molar-refractivity contribution in [2.45, 2.75) is 6.54 Å². The standard InChI is InChI=1S/C16H11Cl2FN2/c17-12-4-6-15(16-11(12)2-1-7-20-16)21-9-10-3-5-14(19)13(18)8-10/h1-8,21H,9H2. The molecule has 0 unspecified atom stereocenters. The van der Waals surface area contributed by atoms with Crippen molar-refractivity contribution in [1.29, 1.82) is 0 Å². The van der Waals surface area contributed by atoms with Gasteiger partial charge in [0.2, 0.25) is 0 Å². The summed E-state index contributed by atoms with van der Waals surface area (Å²) >= 11 is 11.9. The highest BCUT2D eigenvalue weighted by molar-refractivity contribution is 6.35. The molecule has 0 saturated carbocycles. The lowest BCUT2D eigenvalue weighted by atomic mass is 10.1. The zero-order valence-electron chi connectivity index (χ0n) is 10.9. The van der Waals surface area contributed by atoms with Crippen LogP contribution in [-0.4, -0.2) is 4.98 Å². The molecule has 2 aromatic carbocycles. The third-order valence-corrected chi connectivity index (χ3v) is 3.80. The van der Waals surface area contributed by atoms with E-state index < -0.39 is 5.82 Å². The van der Waals surface area contributed by atoms with Gasteiger partial charge in [0.1, 0.15) is 5.82 Å². The van der Waals surface area contributed by atoms with Crippen LogP contribution in [0, 0.1) is 5.82 Å². The first kappa shape index (κ1) is 14.1. The fraction of sp³-hybridized carbons (Fsp3) is 0.0625. The van der Waals surface area contributed by atoms with Gasteiger partial charge in [-0.1, -0.05) is 29.3 Å². The molecule has 3 aromatic rings. The molecule has 0 amide bonds. The number of benzene rings is 2. The van der Waals surface area contributed by atoms with Gasteiger partial charge in [0.25, 0.3) is 0 Å². The average Bonchev–Trinajstić information content (AvgIpc) is 2.50. The molecule has 0 fully saturated rings. The number of hydrogen-bond donors (Lipinski definition) is 1. The molecule has 0 atom stereocenters. The van der Waals surface area contributed by atoms with E-state index in [9.17, 15) is 4.39 Å². The Morgan fingerprint density at radius 2 is 1.90 bits per heavy atom. The lowest BCUT2D eigenvalue weighted by molar-refractivity contribution is 0.627. The van der Waals surface area contributed by atoms with Crippen LogP contribution in [0.25, 0.3) is 10.9 Å². The van der Waals surface area contributed by atoms with Crippen molar-refractivity contribution in [1.82, 2.24) is 4.98 Å². The van der Waals surface area contributed by atoms with Gasteiger partial charge in [0.15, 0.2) is 0 Å². The Hall–Kier alpha value is -1.84. The Labute approximate surface area is 131 Å². The van der Waals surface area contributed by atoms with Crippen LogP contribution in [0.2, 0.25) is 10.0 Å². The van der Waals surface area contributed by atoms with Crippen LogP contribution in [0.3, 0.4) is 0 Å². The van der Waals surface area contributed by atoms with E-state index in [4.69, 9.17) is 23.2 Å². The summed E-state index contributed by atoms with van der Waals surface area (Å²) in [7, 11) is 0. The molecule has 1 heterocycles. The minimum absolute atomic E-state index is 0.119. The number of halogens is 3. The first-order valence-corrected chi connectivity index (χ1v) is 7.12. The van der Waals surface area contributed by atoms with Gasteiger partial charge in [-0.25, -0.2) is 4.39 Å². The molecule has 0 aliphatic heterocycles. The van der Waals surface area contributed by atoms with Crippen LogP contribution >= 0.6 is 23.2 Å². The summed E-state index contributed by atoms with van der Waals surface area (Å²) in [5, 5.41) is 4.95. The lowest BCUT2D eigenvalue weighted by Gasteiger charge is -2.10. The molecule has 0 aliphatic rings. The molecule has 0 radical (unpaired) electrons. The molecule has 3 rings (SSSR count). The van der Waals surface area contributed by atoms with Crippen LogP contribution in [0.4, 0.5) is 10.1 Å². The molecule has 5 heteroatoms. The van der Waals surface area contributed by atoms with Crippen LogP contribution in [-0.2, 0) is 6.54 Å². The van der Waals surface area contributed by atoms with E-state index in [1.807, 2.05) is 24.3 Å². The zero-order chi connectivity index (χ0) is 14.8. The van der Waals surface area contributed by atoms with Crippen LogP contribution in [0.5, 0.6) is 0 Å². The number of nitrogens with zero attached hydrogens (tertiary/aromatic N) is 1. The van der Waals surface area contributed by atoms with E-state index in [0.717, 1.165) is 22.2 Å². The molecule has 0 spiro atoms. The predicted octanol–water partition coefficient (Wildman–Crippen LogP) is 5.29. The number of rotatable bonds is 3. The van der Waals surface area contributed by atoms with E-state index in [1.54, 1.807) is 18.3 Å². The van der Waals surface area contributed by atoms with Gasteiger partial charge in [-0.2, -0.15) is 0 Å². The van der Waals surface area contributed by atoms with Crippen LogP contribution < -0.4 is 5.32 Å². The lowest BCUT2D eigenvalue weighted by Crippen LogP contribution is -2.01. The summed E-state index contributed by atoms with van der Waals surface area (Å²) in [6.45, 7) is 0.521. The summed E-state index contributed by atoms with van der Waals surface area (Å²) in [5.41, 5.74) is 2.56. The highest BCUT2D eigenvalue weighted by atomic mass is 35.5. The Bertz CT molecular complexity index is 805. The predicted molar refractivity (Wildman–Crippen MR) is 85.5 cm³/mol. The summed E-state index contributed by atoms with van der Waals surface area (Å²) in [5.74, 6) is -0.418. The van der Waals surface area contributed by atoms with Gasteiger partial charge in [0, 0.05) is 18.1 Å². The van der Waals surface area contributed by atoms with Gasteiger partial charge in [0.05, 0.1) is 21.2 Å². The smallest absolute Gasteiger partial charge is 0.141 e. The second-order valence-corrected chi connectivity index (χ2v) is 5.41. The van der Waals surface area contributed by atoms with E-state index in [-0.39, 0.29) is 5.02 Å². The third-order valence-electron chi connectivity index (χ3n) is 3.18. The van der Waals surface area contributed by atoms with Crippen molar-refractivity contribution in [2.75, 3.05) is 5.32 Å². The van der Waals surface area contributed by atoms with Gasteiger partial charge in [-0.3, -0.25) is 4.98 Å². The maximum Gasteiger partial charge on any atom is 0.141 e. The minimum Gasteiger partial charge on any atom is -0.379 e. The summed E-state index contributed by atoms with van der Waals surface area (Å²) < 4.78 is 13.1. The monoisotopic (exact) mass is 320 g/mol. The van der Waals surface area contributed by atoms with Crippen molar-refractivity contribution in [3.63, 3.8) is 0 Å². The Balaban J connectivity index is 1.88. The highest BCUT2D eigenvalue weighted by Crippen LogP contribution is 2.28. The molecule has 0 aliphatic carbocycles. The molecule has 1 N–H and O–H groups in total. The number of pyridine rings is 1. The third kappa shape index (κ3) is 2.94. The first-order valence-electron chi connectivity index (χ1n) is 6.36. The largest absolute Gasteiger partial charge is 0.379 e. The van der Waals surface area contributed by atoms with E-state index in [2.05, 4.69) is 10.3 Å². The van der Waals surface area contributed by atoms with E-state index in [0.29, 0.717) is 11.6 Å². The Kier molecular flexibility index (Phi) is 3.95. The Morgan fingerprint density at radius 1 is 1.05 bits per heavy atom. The Morgan fingerprint density at radius 3 is 2.71 bits per heavy atom. The maximum atomic E-state index is 13.1. The second kappa shape index (κ2) is 5.88. The number of aromatic nitrogens is 1. The minimum atomic E-state index is -0.418. The number of hydrogen-bond acceptors (Lipinski definition) is 2. The molecular weight excluding hydrogens is 310 g/mol. The number of anilines is 1. The fourth-order valence-corrected chi connectivity index (χ4v) is 2.55. The maximum absolute atomic E-state index is 13.1. The van der Waals surface area contributed by atoms with Crippen molar-refractivity contribution in [3.8, 4) is 0 Å². The molecule has 106 valence electrons. The quantitative estimate of drug-likeness (QED) is 0.709. The zero-order valence-corrected chi connectivity index (χ0v) is 12.4. The molecule has 2 nitrogen and oxygen atoms in total. The number of fused-ring (bicyclic) bond motifs is 1. The number of nitrogens with one attached hydrogen (secondary N) is 1. The van der Waals surface area contributed by atoms with Crippen molar-refractivity contribution >= 4 is 39.8 Å². The normalized spacial score (nSPS) is 10.8. The SMILES string of the molecule is Fc1ccc(CNc2ccc(Cl)c3cccnc23)cc1Cl.